The number of nitrogens with zero attached hydrogens (tertiary/aromatic N) is 2. The van der Waals surface area contributed by atoms with Crippen LogP contribution in [0.4, 0.5) is 5.95 Å². The Morgan fingerprint density at radius 3 is 2.46 bits per heavy atom. The van der Waals surface area contributed by atoms with Gasteiger partial charge in [0, 0.05) is 6.42 Å². The first kappa shape index (κ1) is 10.1. The van der Waals surface area contributed by atoms with Crippen molar-refractivity contribution in [2.45, 2.75) is 27.2 Å². The summed E-state index contributed by atoms with van der Waals surface area (Å²) < 4.78 is 0.301. The molecule has 72 valence electrons. The number of H-pyrrole nitrogens is 1. The van der Waals surface area contributed by atoms with Crippen molar-refractivity contribution in [2.24, 2.45) is 5.41 Å². The van der Waals surface area contributed by atoms with Crippen LogP contribution >= 0.6 is 12.2 Å². The number of aromatic nitrogens is 3. The maximum absolute atomic E-state index is 5.50. The van der Waals surface area contributed by atoms with Crippen molar-refractivity contribution in [3.05, 3.63) is 10.6 Å². The van der Waals surface area contributed by atoms with Crippen molar-refractivity contribution in [1.29, 1.82) is 0 Å². The van der Waals surface area contributed by atoms with Crippen LogP contribution in [-0.4, -0.2) is 15.0 Å². The highest BCUT2D eigenvalue weighted by molar-refractivity contribution is 7.71. The van der Waals surface area contributed by atoms with E-state index in [4.69, 9.17) is 18.0 Å². The van der Waals surface area contributed by atoms with E-state index in [1.54, 1.807) is 0 Å². The lowest BCUT2D eigenvalue weighted by molar-refractivity contribution is 0.400. The van der Waals surface area contributed by atoms with Gasteiger partial charge in [0.2, 0.25) is 10.7 Å². The number of hydrogen-bond acceptors (Lipinski definition) is 4. The van der Waals surface area contributed by atoms with Crippen LogP contribution in [0.1, 0.15) is 26.6 Å². The first-order valence-electron chi connectivity index (χ1n) is 4.09. The predicted octanol–water partition coefficient (Wildman–Crippen LogP) is 1.70. The Bertz CT molecular complexity index is 350. The molecule has 0 unspecified atom stereocenters. The molecular weight excluding hydrogens is 184 g/mol. The fourth-order valence-corrected chi connectivity index (χ4v) is 1.24. The lowest BCUT2D eigenvalue weighted by atomic mass is 9.92. The van der Waals surface area contributed by atoms with E-state index in [-0.39, 0.29) is 5.41 Å². The summed E-state index contributed by atoms with van der Waals surface area (Å²) in [5, 5.41) is 0. The maximum Gasteiger partial charge on any atom is 0.224 e. The van der Waals surface area contributed by atoms with E-state index in [1.165, 1.54) is 0 Å². The summed E-state index contributed by atoms with van der Waals surface area (Å²) in [6.07, 6.45) is 0.809. The number of aromatic amines is 1. The van der Waals surface area contributed by atoms with Gasteiger partial charge in [0.05, 0.1) is 0 Å². The van der Waals surface area contributed by atoms with Crippen LogP contribution in [-0.2, 0) is 6.42 Å². The largest absolute Gasteiger partial charge is 0.369 e. The van der Waals surface area contributed by atoms with Gasteiger partial charge in [0.25, 0.3) is 0 Å². The highest BCUT2D eigenvalue weighted by atomic mass is 32.1. The van der Waals surface area contributed by atoms with Crippen molar-refractivity contribution in [1.82, 2.24) is 15.0 Å². The molecule has 1 aromatic rings. The molecule has 1 rings (SSSR count). The molecule has 0 aromatic carbocycles. The molecule has 1 aromatic heterocycles. The van der Waals surface area contributed by atoms with Crippen molar-refractivity contribution in [3.8, 4) is 0 Å². The van der Waals surface area contributed by atoms with Gasteiger partial charge in [-0.05, 0) is 17.6 Å². The Kier molecular flexibility index (Phi) is 2.66. The Morgan fingerprint density at radius 1 is 1.38 bits per heavy atom. The maximum atomic E-state index is 5.50. The minimum atomic E-state index is 0.166. The van der Waals surface area contributed by atoms with Gasteiger partial charge in [0.1, 0.15) is 5.82 Å². The van der Waals surface area contributed by atoms with Crippen molar-refractivity contribution in [3.63, 3.8) is 0 Å². The zero-order valence-corrected chi connectivity index (χ0v) is 8.90. The Hall–Kier alpha value is -0.970. The monoisotopic (exact) mass is 198 g/mol. The van der Waals surface area contributed by atoms with E-state index < -0.39 is 0 Å². The van der Waals surface area contributed by atoms with Crippen molar-refractivity contribution in [2.75, 3.05) is 5.73 Å². The number of nitrogens with two attached hydrogens (primary N) is 1. The average Bonchev–Trinajstić information content (AvgIpc) is 1.78. The number of anilines is 1. The molecule has 5 heteroatoms. The lowest BCUT2D eigenvalue weighted by Gasteiger charge is -2.16. The van der Waals surface area contributed by atoms with Gasteiger partial charge in [-0.15, -0.1) is 0 Å². The molecule has 0 radical (unpaired) electrons. The van der Waals surface area contributed by atoms with Gasteiger partial charge < -0.3 is 10.7 Å². The van der Waals surface area contributed by atoms with E-state index >= 15 is 0 Å². The molecule has 0 atom stereocenters. The Labute approximate surface area is 82.6 Å². The molecule has 0 aliphatic rings. The molecule has 0 amide bonds. The first-order valence-corrected chi connectivity index (χ1v) is 4.50. The molecular formula is C8H14N4S. The van der Waals surface area contributed by atoms with Gasteiger partial charge in [-0.2, -0.15) is 4.98 Å². The Balaban J connectivity index is 2.96. The summed E-state index contributed by atoms with van der Waals surface area (Å²) in [6.45, 7) is 6.38. The summed E-state index contributed by atoms with van der Waals surface area (Å²) in [7, 11) is 0. The Morgan fingerprint density at radius 2 is 2.00 bits per heavy atom. The van der Waals surface area contributed by atoms with Crippen LogP contribution in [0.15, 0.2) is 0 Å². The summed E-state index contributed by atoms with van der Waals surface area (Å²) in [6, 6.07) is 0. The topological polar surface area (TPSA) is 67.6 Å². The van der Waals surface area contributed by atoms with Crippen molar-refractivity contribution >= 4 is 18.2 Å². The SMILES string of the molecule is CC(C)(C)Cc1nc(=S)nc(N)[nH]1. The third kappa shape index (κ3) is 3.50. The molecule has 4 nitrogen and oxygen atoms in total. The predicted molar refractivity (Wildman–Crippen MR) is 54.8 cm³/mol. The first-order chi connectivity index (χ1) is 5.87. The third-order valence-corrected chi connectivity index (χ3v) is 1.60. The van der Waals surface area contributed by atoms with Gasteiger partial charge in [-0.3, -0.25) is 0 Å². The molecule has 0 bridgehead atoms. The molecule has 3 N–H and O–H groups in total. The van der Waals surface area contributed by atoms with Crippen molar-refractivity contribution < 1.29 is 0 Å². The number of hydrogen-bond donors (Lipinski definition) is 2. The number of nitrogens with one attached hydrogen (secondary N) is 1. The zero-order chi connectivity index (χ0) is 10.1. The minimum absolute atomic E-state index is 0.166. The van der Waals surface area contributed by atoms with E-state index in [0.717, 1.165) is 12.2 Å². The molecule has 0 spiro atoms. The average molecular weight is 198 g/mol. The fraction of sp³-hybridized carbons (Fsp3) is 0.625. The van der Waals surface area contributed by atoms with Crippen LogP contribution in [0.2, 0.25) is 0 Å². The van der Waals surface area contributed by atoms with Crippen LogP contribution < -0.4 is 5.73 Å². The molecule has 0 saturated heterocycles. The van der Waals surface area contributed by atoms with E-state index in [9.17, 15) is 0 Å². The summed E-state index contributed by atoms with van der Waals surface area (Å²) in [5.74, 6) is 1.13. The van der Waals surface area contributed by atoms with Crippen LogP contribution in [0, 0.1) is 10.2 Å². The van der Waals surface area contributed by atoms with Gasteiger partial charge >= 0.3 is 0 Å². The summed E-state index contributed by atoms with van der Waals surface area (Å²) in [4.78, 5) is 10.8. The molecule has 0 saturated carbocycles. The highest BCUT2D eigenvalue weighted by Crippen LogP contribution is 2.17. The van der Waals surface area contributed by atoms with Crippen LogP contribution in [0.25, 0.3) is 0 Å². The fourth-order valence-electron chi connectivity index (χ4n) is 1.03. The van der Waals surface area contributed by atoms with Gasteiger partial charge in [-0.1, -0.05) is 20.8 Å². The van der Waals surface area contributed by atoms with Crippen LogP contribution in [0.3, 0.4) is 0 Å². The number of nitrogen functional groups attached to an aromatic ring is 1. The molecule has 1 heterocycles. The second kappa shape index (κ2) is 3.41. The molecule has 0 fully saturated rings. The quantitative estimate of drug-likeness (QED) is 0.674. The second-order valence-corrected chi connectivity index (χ2v) is 4.57. The third-order valence-electron chi connectivity index (χ3n) is 1.42. The number of rotatable bonds is 1. The van der Waals surface area contributed by atoms with Gasteiger partial charge in [0.15, 0.2) is 0 Å². The normalized spacial score (nSPS) is 11.6. The smallest absolute Gasteiger partial charge is 0.224 e. The molecule has 0 aliphatic heterocycles. The summed E-state index contributed by atoms with van der Waals surface area (Å²) in [5.41, 5.74) is 5.67. The lowest BCUT2D eigenvalue weighted by Crippen LogP contribution is -2.13. The molecule has 0 aliphatic carbocycles. The molecule has 13 heavy (non-hydrogen) atoms. The van der Waals surface area contributed by atoms with E-state index in [2.05, 4.69) is 35.7 Å². The van der Waals surface area contributed by atoms with E-state index in [0.29, 0.717) is 10.7 Å². The van der Waals surface area contributed by atoms with E-state index in [1.807, 2.05) is 0 Å². The standard InChI is InChI=1S/C8H14N4S/c1-8(2,3)4-5-10-6(9)12-7(13)11-5/h4H2,1-3H3,(H3,9,10,11,12,13). The van der Waals surface area contributed by atoms with Gasteiger partial charge in [-0.25, -0.2) is 4.98 Å². The highest BCUT2D eigenvalue weighted by Gasteiger charge is 2.12. The zero-order valence-electron chi connectivity index (χ0n) is 8.09. The summed E-state index contributed by atoms with van der Waals surface area (Å²) >= 11 is 4.85. The second-order valence-electron chi connectivity index (χ2n) is 4.20. The minimum Gasteiger partial charge on any atom is -0.369 e. The van der Waals surface area contributed by atoms with Crippen LogP contribution in [0.5, 0.6) is 0 Å².